The molecule has 0 aliphatic heterocycles. The van der Waals surface area contributed by atoms with Crippen LogP contribution in [0.15, 0.2) is 62.7 Å². The van der Waals surface area contributed by atoms with Gasteiger partial charge in [0.1, 0.15) is 0 Å². The van der Waals surface area contributed by atoms with Crippen molar-refractivity contribution in [1.82, 2.24) is 20.3 Å². The number of thioether (sulfide) groups is 1. The summed E-state index contributed by atoms with van der Waals surface area (Å²) < 4.78 is 11.0. The number of aryl methyl sites for hydroxylation is 1. The molecule has 0 saturated carbocycles. The van der Waals surface area contributed by atoms with Crippen LogP contribution in [0, 0.1) is 6.92 Å². The summed E-state index contributed by atoms with van der Waals surface area (Å²) in [5.41, 5.74) is 2.83. The molecule has 6 nitrogen and oxygen atoms in total. The van der Waals surface area contributed by atoms with Crippen LogP contribution in [0.25, 0.3) is 22.9 Å². The molecule has 0 radical (unpaired) electrons. The molecule has 0 spiro atoms. The van der Waals surface area contributed by atoms with E-state index < -0.39 is 0 Å². The molecule has 2 heterocycles. The molecule has 0 amide bonds. The number of rotatable bonds is 5. The van der Waals surface area contributed by atoms with E-state index in [4.69, 9.17) is 20.5 Å². The van der Waals surface area contributed by atoms with Crippen molar-refractivity contribution in [2.75, 3.05) is 0 Å². The molecule has 4 rings (SSSR count). The highest BCUT2D eigenvalue weighted by atomic mass is 35.5. The van der Waals surface area contributed by atoms with Gasteiger partial charge >= 0.3 is 0 Å². The fourth-order valence-corrected chi connectivity index (χ4v) is 3.07. The normalized spacial score (nSPS) is 11.0. The molecule has 8 heteroatoms. The molecule has 0 saturated heterocycles. The van der Waals surface area contributed by atoms with E-state index in [1.54, 1.807) is 12.1 Å². The lowest BCUT2D eigenvalue weighted by Crippen LogP contribution is -1.84. The summed E-state index contributed by atoms with van der Waals surface area (Å²) in [7, 11) is 0. The summed E-state index contributed by atoms with van der Waals surface area (Å²) in [5.74, 6) is 1.96. The van der Waals surface area contributed by atoms with Gasteiger partial charge in [-0.25, -0.2) is 0 Å². The molecule has 2 aromatic heterocycles. The van der Waals surface area contributed by atoms with Crippen LogP contribution in [0.2, 0.25) is 5.02 Å². The van der Waals surface area contributed by atoms with E-state index in [2.05, 4.69) is 20.3 Å². The van der Waals surface area contributed by atoms with E-state index in [1.165, 1.54) is 11.8 Å². The van der Waals surface area contributed by atoms with Gasteiger partial charge in [0.05, 0.1) is 5.75 Å². The summed E-state index contributed by atoms with van der Waals surface area (Å²) in [6, 6.07) is 15.1. The van der Waals surface area contributed by atoms with E-state index in [0.717, 1.165) is 16.7 Å². The number of hydrogen-bond donors (Lipinski definition) is 0. The molecule has 0 aliphatic carbocycles. The molecule has 2 aromatic carbocycles. The monoisotopic (exact) mass is 384 g/mol. The van der Waals surface area contributed by atoms with Gasteiger partial charge < -0.3 is 8.94 Å². The summed E-state index contributed by atoms with van der Waals surface area (Å²) >= 11 is 7.24. The average molecular weight is 385 g/mol. The maximum Gasteiger partial charge on any atom is 0.277 e. The van der Waals surface area contributed by atoms with Crippen LogP contribution in [-0.2, 0) is 5.75 Å². The van der Waals surface area contributed by atoms with Crippen LogP contribution in [0.3, 0.4) is 0 Å². The van der Waals surface area contributed by atoms with Gasteiger partial charge in [-0.2, -0.15) is 4.98 Å². The third kappa shape index (κ3) is 3.63. The van der Waals surface area contributed by atoms with Gasteiger partial charge in [0, 0.05) is 16.1 Å². The number of halogens is 1. The first-order valence-electron chi connectivity index (χ1n) is 7.80. The second-order valence-corrected chi connectivity index (χ2v) is 6.86. The molecule has 0 N–H and O–H groups in total. The van der Waals surface area contributed by atoms with Crippen molar-refractivity contribution >= 4 is 23.4 Å². The predicted molar refractivity (Wildman–Crippen MR) is 98.8 cm³/mol. The largest absolute Gasteiger partial charge is 0.411 e. The van der Waals surface area contributed by atoms with Crippen molar-refractivity contribution in [3.05, 3.63) is 64.9 Å². The molecule has 0 unspecified atom stereocenters. The van der Waals surface area contributed by atoms with Crippen molar-refractivity contribution in [1.29, 1.82) is 0 Å². The van der Waals surface area contributed by atoms with Gasteiger partial charge in [-0.3, -0.25) is 0 Å². The Bertz CT molecular complexity index is 1030. The van der Waals surface area contributed by atoms with Gasteiger partial charge in [0.15, 0.2) is 5.82 Å². The Hall–Kier alpha value is -2.64. The second-order valence-electron chi connectivity index (χ2n) is 5.50. The Morgan fingerprint density at radius 2 is 1.81 bits per heavy atom. The van der Waals surface area contributed by atoms with E-state index >= 15 is 0 Å². The number of hydrogen-bond acceptors (Lipinski definition) is 7. The first kappa shape index (κ1) is 16.8. The van der Waals surface area contributed by atoms with Crippen molar-refractivity contribution in [3.63, 3.8) is 0 Å². The second kappa shape index (κ2) is 7.31. The first-order valence-corrected chi connectivity index (χ1v) is 9.16. The Morgan fingerprint density at radius 3 is 2.62 bits per heavy atom. The number of benzene rings is 2. The highest BCUT2D eigenvalue weighted by Gasteiger charge is 2.13. The van der Waals surface area contributed by atoms with Gasteiger partial charge in [-0.15, -0.1) is 10.2 Å². The van der Waals surface area contributed by atoms with Crippen LogP contribution in [0.1, 0.15) is 11.4 Å². The Morgan fingerprint density at radius 1 is 1.00 bits per heavy atom. The smallest absolute Gasteiger partial charge is 0.277 e. The van der Waals surface area contributed by atoms with Gasteiger partial charge in [-0.1, -0.05) is 46.7 Å². The van der Waals surface area contributed by atoms with Crippen molar-refractivity contribution in [2.24, 2.45) is 0 Å². The lowest BCUT2D eigenvalue weighted by Gasteiger charge is -1.98. The summed E-state index contributed by atoms with van der Waals surface area (Å²) in [6.07, 6.45) is 0. The zero-order chi connectivity index (χ0) is 17.9. The Balaban J connectivity index is 1.44. The molecule has 4 aromatic rings. The molecule has 0 aliphatic rings. The summed E-state index contributed by atoms with van der Waals surface area (Å²) in [4.78, 5) is 4.37. The van der Waals surface area contributed by atoms with Gasteiger partial charge in [-0.05, 0) is 42.8 Å². The molecule has 130 valence electrons. The molecular weight excluding hydrogens is 372 g/mol. The summed E-state index contributed by atoms with van der Waals surface area (Å²) in [5, 5.41) is 13.3. The average Bonchev–Trinajstić information content (AvgIpc) is 3.30. The van der Waals surface area contributed by atoms with E-state index in [9.17, 15) is 0 Å². The van der Waals surface area contributed by atoms with Crippen LogP contribution < -0.4 is 0 Å². The van der Waals surface area contributed by atoms with Crippen molar-refractivity contribution < 1.29 is 8.94 Å². The number of aromatic nitrogens is 4. The minimum atomic E-state index is 0.448. The zero-order valence-corrected chi connectivity index (χ0v) is 15.3. The third-order valence-corrected chi connectivity index (χ3v) is 4.73. The molecule has 0 atom stereocenters. The highest BCUT2D eigenvalue weighted by molar-refractivity contribution is 7.98. The van der Waals surface area contributed by atoms with Crippen LogP contribution in [0.5, 0.6) is 0 Å². The Kier molecular flexibility index (Phi) is 4.73. The molecular formula is C18H13ClN4O2S. The van der Waals surface area contributed by atoms with E-state index in [0.29, 0.717) is 33.6 Å². The predicted octanol–water partition coefficient (Wildman–Crippen LogP) is 5.04. The Labute approximate surface area is 158 Å². The number of nitrogens with zero attached hydrogens (tertiary/aromatic N) is 4. The maximum atomic E-state index is 5.88. The minimum absolute atomic E-state index is 0.448. The molecule has 0 fully saturated rings. The van der Waals surface area contributed by atoms with E-state index in [-0.39, 0.29) is 0 Å². The fourth-order valence-electron chi connectivity index (χ4n) is 2.34. The quantitative estimate of drug-likeness (QED) is 0.446. The standard InChI is InChI=1S/C18H13ClN4O2S/c1-11-4-2-3-5-14(11)17-21-22-18(24-17)26-10-15-20-16(25-23-15)12-6-8-13(19)9-7-12/h2-9H,10H2,1H3. The van der Waals surface area contributed by atoms with Crippen molar-refractivity contribution in [2.45, 2.75) is 17.9 Å². The lowest BCUT2D eigenvalue weighted by molar-refractivity contribution is 0.425. The lowest BCUT2D eigenvalue weighted by atomic mass is 10.1. The molecule has 0 bridgehead atoms. The topological polar surface area (TPSA) is 77.8 Å². The van der Waals surface area contributed by atoms with Crippen LogP contribution in [-0.4, -0.2) is 20.3 Å². The van der Waals surface area contributed by atoms with Crippen molar-refractivity contribution in [3.8, 4) is 22.9 Å². The highest BCUT2D eigenvalue weighted by Crippen LogP contribution is 2.27. The zero-order valence-electron chi connectivity index (χ0n) is 13.7. The van der Waals surface area contributed by atoms with Crippen LogP contribution >= 0.6 is 23.4 Å². The third-order valence-electron chi connectivity index (χ3n) is 3.67. The SMILES string of the molecule is Cc1ccccc1-c1nnc(SCc2noc(-c3ccc(Cl)cc3)n2)o1. The van der Waals surface area contributed by atoms with Gasteiger partial charge in [0.2, 0.25) is 5.89 Å². The minimum Gasteiger partial charge on any atom is -0.411 e. The van der Waals surface area contributed by atoms with Crippen LogP contribution in [0.4, 0.5) is 0 Å². The van der Waals surface area contributed by atoms with Gasteiger partial charge in [0.25, 0.3) is 11.1 Å². The maximum absolute atomic E-state index is 5.88. The molecule has 26 heavy (non-hydrogen) atoms. The fraction of sp³-hybridized carbons (Fsp3) is 0.111. The van der Waals surface area contributed by atoms with E-state index in [1.807, 2.05) is 43.3 Å². The summed E-state index contributed by atoms with van der Waals surface area (Å²) in [6.45, 7) is 2.00. The first-order chi connectivity index (χ1) is 12.7.